The van der Waals surface area contributed by atoms with Gasteiger partial charge in [-0.3, -0.25) is 19.5 Å². The lowest BCUT2D eigenvalue weighted by Gasteiger charge is -2.35. The number of hydrogen-bond acceptors (Lipinski definition) is 5. The third-order valence-corrected chi connectivity index (χ3v) is 5.57. The fourth-order valence-electron chi connectivity index (χ4n) is 3.95. The first kappa shape index (κ1) is 20.3. The molecule has 2 atom stereocenters. The van der Waals surface area contributed by atoms with Crippen LogP contribution < -0.4 is 16.1 Å². The van der Waals surface area contributed by atoms with Crippen LogP contribution in [-0.2, 0) is 9.59 Å². The lowest BCUT2D eigenvalue weighted by molar-refractivity contribution is -0.119. The van der Waals surface area contributed by atoms with Crippen LogP contribution >= 0.6 is 0 Å². The third kappa shape index (κ3) is 4.90. The second-order valence-corrected chi connectivity index (χ2v) is 7.60. The highest BCUT2D eigenvalue weighted by Gasteiger charge is 2.35. The molecule has 2 unspecified atom stereocenters. The van der Waals surface area contributed by atoms with E-state index in [4.69, 9.17) is 5.73 Å². The van der Waals surface area contributed by atoms with Crippen LogP contribution in [0.3, 0.4) is 0 Å². The summed E-state index contributed by atoms with van der Waals surface area (Å²) in [5, 5.41) is 9.02. The molecule has 2 aliphatic heterocycles. The molecule has 2 amide bonds. The van der Waals surface area contributed by atoms with Crippen molar-refractivity contribution in [3.63, 3.8) is 0 Å². The number of carbonyl (C=O) groups excluding carboxylic acids is 2. The van der Waals surface area contributed by atoms with Gasteiger partial charge in [0.2, 0.25) is 5.91 Å². The maximum atomic E-state index is 12.7. The van der Waals surface area contributed by atoms with Gasteiger partial charge in [-0.25, -0.2) is 0 Å². The fourth-order valence-corrected chi connectivity index (χ4v) is 3.95. The minimum absolute atomic E-state index is 0.203. The van der Waals surface area contributed by atoms with Gasteiger partial charge in [-0.2, -0.15) is 5.10 Å². The summed E-state index contributed by atoms with van der Waals surface area (Å²) in [6, 6.07) is 9.10. The molecule has 0 saturated carbocycles. The van der Waals surface area contributed by atoms with Gasteiger partial charge in [-0.05, 0) is 44.5 Å². The smallest absolute Gasteiger partial charge is 0.267 e. The first-order chi connectivity index (χ1) is 13.6. The van der Waals surface area contributed by atoms with Gasteiger partial charge < -0.3 is 11.1 Å². The predicted molar refractivity (Wildman–Crippen MR) is 111 cm³/mol. The highest BCUT2D eigenvalue weighted by atomic mass is 16.2. The Morgan fingerprint density at radius 2 is 2.04 bits per heavy atom. The number of para-hydroxylation sites is 1. The number of amides is 2. The SMILES string of the molecule is CCCCN1CCCCC1CNC(=O)C1=NN(c2ccccc2)C(C(N)=O)C1. The van der Waals surface area contributed by atoms with E-state index in [1.165, 1.54) is 25.7 Å². The molecule has 2 heterocycles. The third-order valence-electron chi connectivity index (χ3n) is 5.57. The maximum absolute atomic E-state index is 12.7. The molecule has 2 aliphatic rings. The average molecular weight is 386 g/mol. The topological polar surface area (TPSA) is 91.0 Å². The van der Waals surface area contributed by atoms with Crippen LogP contribution in [0, 0.1) is 0 Å². The number of rotatable bonds is 8. The molecule has 7 heteroatoms. The predicted octanol–water partition coefficient (Wildman–Crippen LogP) is 1.88. The molecule has 1 aromatic carbocycles. The number of unbranched alkanes of at least 4 members (excludes halogenated alkanes) is 1. The van der Waals surface area contributed by atoms with Crippen molar-refractivity contribution in [2.24, 2.45) is 10.8 Å². The molecule has 1 saturated heterocycles. The number of anilines is 1. The maximum Gasteiger partial charge on any atom is 0.267 e. The Morgan fingerprint density at radius 1 is 1.25 bits per heavy atom. The van der Waals surface area contributed by atoms with Crippen molar-refractivity contribution in [3.05, 3.63) is 30.3 Å². The minimum atomic E-state index is -0.626. The molecule has 0 radical (unpaired) electrons. The number of nitrogens with one attached hydrogen (secondary N) is 1. The molecule has 1 fully saturated rings. The lowest BCUT2D eigenvalue weighted by Crippen LogP contribution is -2.48. The minimum Gasteiger partial charge on any atom is -0.368 e. The second kappa shape index (κ2) is 9.68. The Balaban J connectivity index is 1.62. The van der Waals surface area contributed by atoms with E-state index in [0.717, 1.165) is 25.2 Å². The van der Waals surface area contributed by atoms with E-state index in [1.807, 2.05) is 30.3 Å². The molecule has 1 aromatic rings. The van der Waals surface area contributed by atoms with Crippen LogP contribution in [0.1, 0.15) is 45.4 Å². The summed E-state index contributed by atoms with van der Waals surface area (Å²) >= 11 is 0. The number of likely N-dealkylation sites (tertiary alicyclic amines) is 1. The van der Waals surface area contributed by atoms with Gasteiger partial charge >= 0.3 is 0 Å². The Morgan fingerprint density at radius 3 is 2.75 bits per heavy atom. The number of piperidine rings is 1. The van der Waals surface area contributed by atoms with Crippen LogP contribution in [0.2, 0.25) is 0 Å². The molecule has 0 aliphatic carbocycles. The van der Waals surface area contributed by atoms with E-state index in [1.54, 1.807) is 5.01 Å². The van der Waals surface area contributed by atoms with E-state index >= 15 is 0 Å². The van der Waals surface area contributed by atoms with Crippen LogP contribution in [0.5, 0.6) is 0 Å². The van der Waals surface area contributed by atoms with Crippen molar-refractivity contribution in [3.8, 4) is 0 Å². The zero-order valence-electron chi connectivity index (χ0n) is 16.6. The van der Waals surface area contributed by atoms with Crippen LogP contribution in [-0.4, -0.2) is 54.1 Å². The Kier molecular flexibility index (Phi) is 7.03. The highest BCUT2D eigenvalue weighted by molar-refractivity contribution is 6.40. The summed E-state index contributed by atoms with van der Waals surface area (Å²) in [5.74, 6) is -0.681. The zero-order valence-corrected chi connectivity index (χ0v) is 16.6. The first-order valence-corrected chi connectivity index (χ1v) is 10.3. The molecule has 28 heavy (non-hydrogen) atoms. The van der Waals surface area contributed by atoms with Gasteiger partial charge in [0, 0.05) is 19.0 Å². The standard InChI is InChI=1S/C21H31N5O2/c1-2-3-12-25-13-8-7-11-17(25)15-23-21(28)18-14-19(20(22)27)26(24-18)16-9-5-4-6-10-16/h4-6,9-10,17,19H,2-3,7-8,11-15H2,1H3,(H2,22,27)(H,23,28). The zero-order chi connectivity index (χ0) is 19.9. The first-order valence-electron chi connectivity index (χ1n) is 10.3. The summed E-state index contributed by atoms with van der Waals surface area (Å²) in [5.41, 5.74) is 6.67. The van der Waals surface area contributed by atoms with Gasteiger partial charge in [0.25, 0.3) is 5.91 Å². The molecular formula is C21H31N5O2. The van der Waals surface area contributed by atoms with E-state index in [9.17, 15) is 9.59 Å². The average Bonchev–Trinajstić information content (AvgIpc) is 3.18. The number of nitrogens with two attached hydrogens (primary N) is 1. The van der Waals surface area contributed by atoms with Crippen LogP contribution in [0.25, 0.3) is 0 Å². The number of benzene rings is 1. The quantitative estimate of drug-likeness (QED) is 0.715. The largest absolute Gasteiger partial charge is 0.368 e. The summed E-state index contributed by atoms with van der Waals surface area (Å²) in [6.45, 7) is 5.01. The molecule has 152 valence electrons. The fraction of sp³-hybridized carbons (Fsp3) is 0.571. The summed E-state index contributed by atoms with van der Waals surface area (Å²) in [6.07, 6.45) is 6.14. The van der Waals surface area contributed by atoms with Crippen LogP contribution in [0.4, 0.5) is 5.69 Å². The lowest BCUT2D eigenvalue weighted by atomic mass is 10.0. The van der Waals surface area contributed by atoms with Crippen molar-refractivity contribution >= 4 is 23.2 Å². The molecule has 0 aromatic heterocycles. The number of hydrogen-bond donors (Lipinski definition) is 2. The normalized spacial score (nSPS) is 22.8. The van der Waals surface area contributed by atoms with E-state index in [-0.39, 0.29) is 12.3 Å². The summed E-state index contributed by atoms with van der Waals surface area (Å²) in [7, 11) is 0. The van der Waals surface area contributed by atoms with E-state index < -0.39 is 11.9 Å². The summed E-state index contributed by atoms with van der Waals surface area (Å²) in [4.78, 5) is 27.1. The Labute approximate surface area is 166 Å². The van der Waals surface area contributed by atoms with Crippen molar-refractivity contribution in [2.75, 3.05) is 24.6 Å². The van der Waals surface area contributed by atoms with Gasteiger partial charge in [-0.1, -0.05) is 38.0 Å². The number of nitrogens with zero attached hydrogens (tertiary/aromatic N) is 3. The molecular weight excluding hydrogens is 354 g/mol. The van der Waals surface area contributed by atoms with Crippen LogP contribution in [0.15, 0.2) is 35.4 Å². The Hall–Kier alpha value is -2.41. The van der Waals surface area contributed by atoms with Crippen molar-refractivity contribution in [1.82, 2.24) is 10.2 Å². The van der Waals surface area contributed by atoms with Gasteiger partial charge in [0.15, 0.2) is 0 Å². The molecule has 3 N–H and O–H groups in total. The van der Waals surface area contributed by atoms with Crippen molar-refractivity contribution in [2.45, 2.75) is 57.5 Å². The van der Waals surface area contributed by atoms with Gasteiger partial charge in [0.1, 0.15) is 11.8 Å². The molecule has 7 nitrogen and oxygen atoms in total. The van der Waals surface area contributed by atoms with Gasteiger partial charge in [0.05, 0.1) is 5.69 Å². The molecule has 3 rings (SSSR count). The summed E-state index contributed by atoms with van der Waals surface area (Å²) < 4.78 is 0. The second-order valence-electron chi connectivity index (χ2n) is 7.60. The van der Waals surface area contributed by atoms with E-state index in [2.05, 4.69) is 22.2 Å². The molecule has 0 bridgehead atoms. The molecule has 0 spiro atoms. The Bertz CT molecular complexity index is 706. The van der Waals surface area contributed by atoms with E-state index in [0.29, 0.717) is 18.3 Å². The highest BCUT2D eigenvalue weighted by Crippen LogP contribution is 2.24. The monoisotopic (exact) mass is 385 g/mol. The number of primary amides is 1. The van der Waals surface area contributed by atoms with Crippen molar-refractivity contribution < 1.29 is 9.59 Å². The van der Waals surface area contributed by atoms with Gasteiger partial charge in [-0.15, -0.1) is 0 Å². The van der Waals surface area contributed by atoms with Crippen molar-refractivity contribution in [1.29, 1.82) is 0 Å². The number of carbonyl (C=O) groups is 2. The number of hydrazone groups is 1.